The predicted octanol–water partition coefficient (Wildman–Crippen LogP) is 6.87. The van der Waals surface area contributed by atoms with Gasteiger partial charge in [-0.2, -0.15) is 0 Å². The maximum Gasteiger partial charge on any atom is 0.334 e. The first-order valence-corrected chi connectivity index (χ1v) is 14.5. The minimum Gasteiger partial charge on any atom is -0.451 e. The summed E-state index contributed by atoms with van der Waals surface area (Å²) < 4.78 is 8.13. The third-order valence-corrected chi connectivity index (χ3v) is 9.88. The van der Waals surface area contributed by atoms with E-state index in [0.717, 1.165) is 25.7 Å². The molecule has 2 heterocycles. The lowest BCUT2D eigenvalue weighted by atomic mass is 10.00. The van der Waals surface area contributed by atoms with Gasteiger partial charge in [0.1, 0.15) is 0 Å². The first kappa shape index (κ1) is 24.6. The number of ether oxygens (including phenoxy) is 1. The topological polar surface area (TPSA) is 59.5 Å². The third-order valence-electron chi connectivity index (χ3n) is 5.86. The SMILES string of the molecule is C=C(C)[C@@H](C(=O)OC(c1ccccc1)c1ccccc1)N1C(=O)C[C@H]1SSc1nc2ccccc2s1. The average Bonchev–Trinajstić information content (AvgIpc) is 3.31. The second kappa shape index (κ2) is 10.9. The number of hydrogen-bond donors (Lipinski definition) is 0. The van der Waals surface area contributed by atoms with Crippen LogP contribution in [0.3, 0.4) is 0 Å². The fourth-order valence-electron chi connectivity index (χ4n) is 4.09. The Labute approximate surface area is 222 Å². The highest BCUT2D eigenvalue weighted by Gasteiger charge is 2.46. The molecule has 3 aromatic carbocycles. The van der Waals surface area contributed by atoms with Gasteiger partial charge in [0.2, 0.25) is 5.91 Å². The van der Waals surface area contributed by atoms with Gasteiger partial charge in [0.25, 0.3) is 0 Å². The van der Waals surface area contributed by atoms with Crippen molar-refractivity contribution in [3.05, 3.63) is 108 Å². The van der Waals surface area contributed by atoms with Crippen LogP contribution in [0.5, 0.6) is 0 Å². The van der Waals surface area contributed by atoms with Crippen LogP contribution in [0, 0.1) is 0 Å². The molecule has 5 nitrogen and oxygen atoms in total. The maximum atomic E-state index is 13.6. The largest absolute Gasteiger partial charge is 0.451 e. The number of carbonyl (C=O) groups is 2. The average molecular weight is 533 g/mol. The molecule has 1 fully saturated rings. The van der Waals surface area contributed by atoms with Crippen LogP contribution in [0.4, 0.5) is 0 Å². The van der Waals surface area contributed by atoms with Gasteiger partial charge in [-0.3, -0.25) is 4.79 Å². The number of esters is 1. The van der Waals surface area contributed by atoms with Crippen molar-refractivity contribution >= 4 is 55.0 Å². The van der Waals surface area contributed by atoms with E-state index >= 15 is 0 Å². The minimum atomic E-state index is -0.852. The standard InChI is InChI=1S/C28H24N2O3S3/c1-18(2)25(27(32)33-26(19-11-5-3-6-12-19)20-13-7-4-8-14-20)30-23(31)17-24(30)35-36-28-29-21-15-9-10-16-22(21)34-28/h3-16,24-26H,1,17H2,2H3/t24-,25+/m1/s1. The van der Waals surface area contributed by atoms with Crippen LogP contribution >= 0.6 is 32.9 Å². The van der Waals surface area contributed by atoms with E-state index in [9.17, 15) is 9.59 Å². The Hall–Kier alpha value is -3.07. The van der Waals surface area contributed by atoms with E-state index in [1.54, 1.807) is 23.2 Å². The van der Waals surface area contributed by atoms with Gasteiger partial charge < -0.3 is 9.64 Å². The normalized spacial score (nSPS) is 16.1. The molecule has 1 aliphatic rings. The number of para-hydroxylation sites is 1. The zero-order valence-electron chi connectivity index (χ0n) is 19.6. The van der Waals surface area contributed by atoms with E-state index in [1.807, 2.05) is 84.9 Å². The van der Waals surface area contributed by atoms with Gasteiger partial charge in [-0.05, 0) is 46.6 Å². The van der Waals surface area contributed by atoms with Crippen molar-refractivity contribution in [1.29, 1.82) is 0 Å². The summed E-state index contributed by atoms with van der Waals surface area (Å²) in [5.74, 6) is -0.567. The summed E-state index contributed by atoms with van der Waals surface area (Å²) in [7, 11) is 3.07. The Morgan fingerprint density at radius 1 is 1.03 bits per heavy atom. The van der Waals surface area contributed by atoms with Crippen molar-refractivity contribution in [2.24, 2.45) is 0 Å². The second-order valence-corrected chi connectivity index (χ2v) is 12.1. The quantitative estimate of drug-likeness (QED) is 0.101. The number of rotatable bonds is 9. The molecule has 0 aliphatic carbocycles. The van der Waals surface area contributed by atoms with Gasteiger partial charge in [0.05, 0.1) is 22.0 Å². The zero-order chi connectivity index (χ0) is 25.1. The molecule has 2 atom stereocenters. The highest BCUT2D eigenvalue weighted by atomic mass is 33.1. The number of hydrogen-bond acceptors (Lipinski definition) is 7. The molecule has 0 N–H and O–H groups in total. The number of nitrogens with zero attached hydrogens (tertiary/aromatic N) is 2. The molecule has 182 valence electrons. The van der Waals surface area contributed by atoms with E-state index in [4.69, 9.17) is 4.74 Å². The molecule has 0 bridgehead atoms. The molecule has 0 unspecified atom stereocenters. The third kappa shape index (κ3) is 5.21. The monoisotopic (exact) mass is 532 g/mol. The van der Waals surface area contributed by atoms with E-state index in [2.05, 4.69) is 11.6 Å². The molecule has 0 saturated carbocycles. The van der Waals surface area contributed by atoms with Crippen molar-refractivity contribution in [3.63, 3.8) is 0 Å². The smallest absolute Gasteiger partial charge is 0.334 e. The maximum absolute atomic E-state index is 13.6. The number of thiazole rings is 1. The van der Waals surface area contributed by atoms with Gasteiger partial charge in [0, 0.05) is 0 Å². The lowest BCUT2D eigenvalue weighted by Crippen LogP contribution is -2.59. The second-order valence-electron chi connectivity index (χ2n) is 8.47. The fourth-order valence-corrected chi connectivity index (χ4v) is 7.90. The van der Waals surface area contributed by atoms with Crippen LogP contribution in [0.25, 0.3) is 10.2 Å². The summed E-state index contributed by atoms with van der Waals surface area (Å²) in [6, 6.07) is 26.4. The lowest BCUT2D eigenvalue weighted by molar-refractivity contribution is -0.162. The Balaban J connectivity index is 1.33. The number of benzene rings is 3. The van der Waals surface area contributed by atoms with Crippen LogP contribution in [0.2, 0.25) is 0 Å². The molecule has 5 rings (SSSR count). The summed E-state index contributed by atoms with van der Waals surface area (Å²) in [5.41, 5.74) is 3.27. The zero-order valence-corrected chi connectivity index (χ0v) is 22.0. The molecule has 1 aromatic heterocycles. The highest BCUT2D eigenvalue weighted by Crippen LogP contribution is 2.45. The Bertz CT molecular complexity index is 1320. The molecule has 1 amide bonds. The molecule has 8 heteroatoms. The molecule has 1 aliphatic heterocycles. The number of β-lactam (4-membered cyclic amide) rings is 1. The number of aromatic nitrogens is 1. The van der Waals surface area contributed by atoms with E-state index < -0.39 is 18.1 Å². The molecule has 1 saturated heterocycles. The molecule has 0 spiro atoms. The van der Waals surface area contributed by atoms with Gasteiger partial charge in [-0.25, -0.2) is 9.78 Å². The highest BCUT2D eigenvalue weighted by molar-refractivity contribution is 8.77. The van der Waals surface area contributed by atoms with Crippen molar-refractivity contribution in [3.8, 4) is 0 Å². The van der Waals surface area contributed by atoms with Crippen LogP contribution < -0.4 is 0 Å². The number of fused-ring (bicyclic) bond motifs is 1. The van der Waals surface area contributed by atoms with E-state index in [-0.39, 0.29) is 11.3 Å². The summed E-state index contributed by atoms with van der Waals surface area (Å²) in [6.07, 6.45) is -0.221. The van der Waals surface area contributed by atoms with Gasteiger partial charge in [-0.1, -0.05) is 90.2 Å². The fraction of sp³-hybridized carbons (Fsp3) is 0.179. The number of amides is 1. The molecular formula is C28H24N2O3S3. The van der Waals surface area contributed by atoms with Crippen molar-refractivity contribution in [2.45, 2.75) is 35.2 Å². The summed E-state index contributed by atoms with van der Waals surface area (Å²) in [5, 5.41) is -0.171. The molecular weight excluding hydrogens is 509 g/mol. The van der Waals surface area contributed by atoms with Gasteiger partial charge in [0.15, 0.2) is 16.5 Å². The van der Waals surface area contributed by atoms with Crippen molar-refractivity contribution in [1.82, 2.24) is 9.88 Å². The van der Waals surface area contributed by atoms with Crippen LogP contribution in [0.15, 0.2) is 101 Å². The predicted molar refractivity (Wildman–Crippen MR) is 148 cm³/mol. The summed E-state index contributed by atoms with van der Waals surface area (Å²) >= 11 is 1.62. The summed E-state index contributed by atoms with van der Waals surface area (Å²) in [4.78, 5) is 32.5. The Morgan fingerprint density at radius 2 is 1.64 bits per heavy atom. The Kier molecular flexibility index (Phi) is 7.46. The van der Waals surface area contributed by atoms with E-state index in [1.165, 1.54) is 21.6 Å². The Morgan fingerprint density at radius 3 is 2.22 bits per heavy atom. The molecule has 4 aromatic rings. The minimum absolute atomic E-state index is 0.0849. The van der Waals surface area contributed by atoms with Crippen molar-refractivity contribution in [2.75, 3.05) is 0 Å². The number of carbonyl (C=O) groups excluding carboxylic acids is 2. The number of likely N-dealkylation sites (tertiary alicyclic amines) is 1. The van der Waals surface area contributed by atoms with Crippen LogP contribution in [-0.2, 0) is 14.3 Å². The van der Waals surface area contributed by atoms with Gasteiger partial charge in [-0.15, -0.1) is 11.3 Å². The van der Waals surface area contributed by atoms with Gasteiger partial charge >= 0.3 is 5.97 Å². The first-order chi connectivity index (χ1) is 17.5. The van der Waals surface area contributed by atoms with E-state index in [0.29, 0.717) is 12.0 Å². The molecule has 0 radical (unpaired) electrons. The van der Waals surface area contributed by atoms with Crippen LogP contribution in [-0.4, -0.2) is 33.2 Å². The van der Waals surface area contributed by atoms with Crippen LogP contribution in [0.1, 0.15) is 30.6 Å². The first-order valence-electron chi connectivity index (χ1n) is 11.5. The van der Waals surface area contributed by atoms with Crippen molar-refractivity contribution < 1.29 is 14.3 Å². The lowest BCUT2D eigenvalue weighted by Gasteiger charge is -2.44. The summed E-state index contributed by atoms with van der Waals surface area (Å²) in [6.45, 7) is 5.79. The molecule has 36 heavy (non-hydrogen) atoms.